The molecule has 10 nitrogen and oxygen atoms in total. The molecule has 2 N–H and O–H groups in total. The number of Topliss-reactive ketones (excluding diaryl/α,β-unsaturated/α-hetero) is 1. The van der Waals surface area contributed by atoms with Gasteiger partial charge in [-0.05, 0) is 81.1 Å². The molecule has 2 unspecified atom stereocenters. The number of piperidine rings is 2. The Morgan fingerprint density at radius 1 is 0.980 bits per heavy atom. The van der Waals surface area contributed by atoms with E-state index in [0.29, 0.717) is 65.1 Å². The maximum Gasteiger partial charge on any atom is 0.204 e. The maximum absolute atomic E-state index is 14.2. The average molecular weight is 739 g/mol. The Hall–Kier alpha value is -3.54. The van der Waals surface area contributed by atoms with Crippen LogP contribution >= 0.6 is 23.2 Å². The van der Waals surface area contributed by atoms with Crippen LogP contribution in [0.25, 0.3) is 11.0 Å². The van der Waals surface area contributed by atoms with Gasteiger partial charge < -0.3 is 39.0 Å². The molecule has 0 aliphatic carbocycles. The molecule has 2 aliphatic rings. The third kappa shape index (κ3) is 8.10. The largest absolute Gasteiger partial charge is 0.493 e. The first-order valence-electron chi connectivity index (χ1n) is 17.8. The van der Waals surface area contributed by atoms with Crippen molar-refractivity contribution < 1.29 is 23.7 Å². The molecule has 2 fully saturated rings. The normalized spacial score (nSPS) is 20.0. The van der Waals surface area contributed by atoms with E-state index < -0.39 is 0 Å². The van der Waals surface area contributed by atoms with Gasteiger partial charge in [-0.25, -0.2) is 4.98 Å². The molecule has 4 aromatic rings. The van der Waals surface area contributed by atoms with E-state index >= 15 is 0 Å². The van der Waals surface area contributed by atoms with Crippen LogP contribution in [0.3, 0.4) is 0 Å². The third-order valence-electron chi connectivity index (χ3n) is 10.5. The van der Waals surface area contributed by atoms with E-state index in [9.17, 15) is 4.79 Å². The summed E-state index contributed by atoms with van der Waals surface area (Å²) in [5.74, 6) is 1.92. The molecule has 0 amide bonds. The highest BCUT2D eigenvalue weighted by atomic mass is 35.5. The number of imidazole rings is 1. The summed E-state index contributed by atoms with van der Waals surface area (Å²) in [5, 5.41) is 8.41. The van der Waals surface area contributed by atoms with Crippen molar-refractivity contribution in [2.24, 2.45) is 5.92 Å². The predicted molar refractivity (Wildman–Crippen MR) is 203 cm³/mol. The van der Waals surface area contributed by atoms with Crippen LogP contribution < -0.4 is 24.8 Å². The van der Waals surface area contributed by atoms with Crippen LogP contribution in [0, 0.1) is 5.92 Å². The fourth-order valence-electron chi connectivity index (χ4n) is 7.75. The van der Waals surface area contributed by atoms with E-state index in [0.717, 1.165) is 74.5 Å². The van der Waals surface area contributed by atoms with Gasteiger partial charge >= 0.3 is 0 Å². The lowest BCUT2D eigenvalue weighted by molar-refractivity contribution is 0.0840. The van der Waals surface area contributed by atoms with Crippen molar-refractivity contribution in [1.29, 1.82) is 0 Å². The number of halogens is 2. The summed E-state index contributed by atoms with van der Waals surface area (Å²) in [7, 11) is 4.66. The summed E-state index contributed by atoms with van der Waals surface area (Å²) in [6, 6.07) is 18.0. The summed E-state index contributed by atoms with van der Waals surface area (Å²) in [4.78, 5) is 21.7. The molecule has 2 saturated heterocycles. The van der Waals surface area contributed by atoms with Crippen molar-refractivity contribution in [1.82, 2.24) is 19.8 Å². The average Bonchev–Trinajstić information content (AvgIpc) is 3.51. The smallest absolute Gasteiger partial charge is 0.204 e. The van der Waals surface area contributed by atoms with Crippen molar-refractivity contribution in [3.05, 3.63) is 75.8 Å². The number of para-hydroxylation sites is 2. The number of nitrogens with one attached hydrogen (secondary N) is 2. The third-order valence-corrected chi connectivity index (χ3v) is 11.2. The van der Waals surface area contributed by atoms with Crippen molar-refractivity contribution in [2.75, 3.05) is 72.6 Å². The number of fused-ring (bicyclic) bond motifs is 1. The molecule has 12 heteroatoms. The summed E-state index contributed by atoms with van der Waals surface area (Å²) in [6.07, 6.45) is 3.53. The fourth-order valence-corrected chi connectivity index (χ4v) is 8.05. The minimum atomic E-state index is -0.336. The lowest BCUT2D eigenvalue weighted by Crippen LogP contribution is -2.51. The first-order valence-corrected chi connectivity index (χ1v) is 18.6. The second kappa shape index (κ2) is 16.9. The number of anilines is 1. The number of hydrogen-bond donors (Lipinski definition) is 2. The van der Waals surface area contributed by atoms with Gasteiger partial charge in [0.2, 0.25) is 11.7 Å². The SMILES string of the molecule is CCOCCn1c(NC2CCN(CCC3(c4ccc(Cl)c(Cl)c4)CNCC(C(=O)c4ccc(OC)c(OC)c4OC)C3)CC2)nc2ccccc21. The van der Waals surface area contributed by atoms with Crippen LogP contribution in [0.4, 0.5) is 5.95 Å². The number of hydrogen-bond acceptors (Lipinski definition) is 9. The van der Waals surface area contributed by atoms with Gasteiger partial charge in [-0.3, -0.25) is 4.79 Å². The zero-order chi connectivity index (χ0) is 36.0. The number of rotatable bonds is 15. The number of aromatic nitrogens is 2. The van der Waals surface area contributed by atoms with Crippen molar-refractivity contribution >= 4 is 46.0 Å². The Morgan fingerprint density at radius 2 is 1.76 bits per heavy atom. The Balaban J connectivity index is 1.16. The molecular weight excluding hydrogens is 689 g/mol. The van der Waals surface area contributed by atoms with E-state index in [-0.39, 0.29) is 17.1 Å². The Kier molecular flexibility index (Phi) is 12.3. The number of methoxy groups -OCH3 is 3. The topological polar surface area (TPSA) is 99.1 Å². The van der Waals surface area contributed by atoms with Crippen LogP contribution in [0.15, 0.2) is 54.6 Å². The standard InChI is InChI=1S/C39H49Cl2N5O5/c1-5-51-21-20-46-33-9-7-6-8-32(33)44-38(46)43-28-14-17-45(18-15-28)19-16-39(27-10-12-30(40)31(41)22-27)23-26(24-42-25-39)35(47)29-11-13-34(48-2)37(50-4)36(29)49-3/h6-13,22,26,28,42H,5,14-21,23-25H2,1-4H3,(H,43,44). The second-order valence-electron chi connectivity index (χ2n) is 13.5. The molecule has 51 heavy (non-hydrogen) atoms. The maximum atomic E-state index is 14.2. The summed E-state index contributed by atoms with van der Waals surface area (Å²) in [5.41, 5.74) is 3.34. The number of nitrogens with zero attached hydrogens (tertiary/aromatic N) is 3. The zero-order valence-corrected chi connectivity index (χ0v) is 31.5. The molecule has 1 aromatic heterocycles. The highest BCUT2D eigenvalue weighted by molar-refractivity contribution is 6.42. The van der Waals surface area contributed by atoms with Gasteiger partial charge in [0.25, 0.3) is 0 Å². The van der Waals surface area contributed by atoms with E-state index in [1.165, 1.54) is 0 Å². The first kappa shape index (κ1) is 37.2. The van der Waals surface area contributed by atoms with Crippen LogP contribution in [0.2, 0.25) is 10.0 Å². The van der Waals surface area contributed by atoms with Gasteiger partial charge in [0.15, 0.2) is 17.3 Å². The van der Waals surface area contributed by atoms with E-state index in [2.05, 4.69) is 44.4 Å². The summed E-state index contributed by atoms with van der Waals surface area (Å²) >= 11 is 13.0. The minimum absolute atomic E-state index is 0.00334. The number of ketones is 1. The second-order valence-corrected chi connectivity index (χ2v) is 14.3. The Morgan fingerprint density at radius 3 is 2.49 bits per heavy atom. The molecule has 3 heterocycles. The fraction of sp³-hybridized carbons (Fsp3) is 0.487. The molecular formula is C39H49Cl2N5O5. The van der Waals surface area contributed by atoms with E-state index in [4.69, 9.17) is 47.1 Å². The molecule has 0 spiro atoms. The van der Waals surface area contributed by atoms with Gasteiger partial charge in [-0.15, -0.1) is 0 Å². The monoisotopic (exact) mass is 737 g/mol. The summed E-state index contributed by atoms with van der Waals surface area (Å²) in [6.45, 7) is 8.23. The number of carbonyl (C=O) groups excluding carboxylic acids is 1. The van der Waals surface area contributed by atoms with Gasteiger partial charge in [0, 0.05) is 56.7 Å². The molecule has 0 saturated carbocycles. The molecule has 0 radical (unpaired) electrons. The van der Waals surface area contributed by atoms with Crippen molar-refractivity contribution in [3.8, 4) is 17.2 Å². The Labute approximate surface area is 310 Å². The quantitative estimate of drug-likeness (QED) is 0.0978. The number of benzene rings is 3. The molecule has 6 rings (SSSR count). The Bertz CT molecular complexity index is 1810. The van der Waals surface area contributed by atoms with Gasteiger partial charge in [-0.2, -0.15) is 0 Å². The minimum Gasteiger partial charge on any atom is -0.493 e. The first-order chi connectivity index (χ1) is 24.8. The van der Waals surface area contributed by atoms with E-state index in [1.54, 1.807) is 33.5 Å². The molecule has 3 aromatic carbocycles. The number of likely N-dealkylation sites (tertiary alicyclic amines) is 1. The van der Waals surface area contributed by atoms with Crippen molar-refractivity contribution in [3.63, 3.8) is 0 Å². The zero-order valence-electron chi connectivity index (χ0n) is 30.0. The van der Waals surface area contributed by atoms with Crippen LogP contribution in [-0.4, -0.2) is 93.5 Å². The van der Waals surface area contributed by atoms with Gasteiger partial charge in [-0.1, -0.05) is 41.4 Å². The van der Waals surface area contributed by atoms with Gasteiger partial charge in [0.05, 0.1) is 54.6 Å². The summed E-state index contributed by atoms with van der Waals surface area (Å²) < 4.78 is 24.7. The van der Waals surface area contributed by atoms with Crippen LogP contribution in [0.1, 0.15) is 48.5 Å². The molecule has 0 bridgehead atoms. The lowest BCUT2D eigenvalue weighted by atomic mass is 9.68. The molecule has 2 aliphatic heterocycles. The van der Waals surface area contributed by atoms with Crippen LogP contribution in [-0.2, 0) is 16.7 Å². The highest BCUT2D eigenvalue weighted by Crippen LogP contribution is 2.44. The number of carbonyl (C=O) groups is 1. The molecule has 2 atom stereocenters. The van der Waals surface area contributed by atoms with E-state index in [1.807, 2.05) is 25.1 Å². The van der Waals surface area contributed by atoms with Crippen molar-refractivity contribution in [2.45, 2.75) is 50.6 Å². The van der Waals surface area contributed by atoms with Crippen LogP contribution in [0.5, 0.6) is 17.2 Å². The predicted octanol–water partition coefficient (Wildman–Crippen LogP) is 7.10. The lowest BCUT2D eigenvalue weighted by Gasteiger charge is -2.43. The highest BCUT2D eigenvalue weighted by Gasteiger charge is 2.42. The van der Waals surface area contributed by atoms with Gasteiger partial charge in [0.1, 0.15) is 0 Å². The molecule has 274 valence electrons. The number of ether oxygens (including phenoxy) is 4.